The number of aryl methyl sites for hydroxylation is 1. The van der Waals surface area contributed by atoms with Crippen LogP contribution in [0.25, 0.3) is 0 Å². The van der Waals surface area contributed by atoms with Crippen LogP contribution in [0.15, 0.2) is 30.4 Å². The first-order chi connectivity index (χ1) is 48.4. The number of rotatable bonds is 10. The molecule has 0 bridgehead atoms. The highest BCUT2D eigenvalue weighted by molar-refractivity contribution is 6.31. The number of piperidine rings is 1. The molecule has 102 heavy (non-hydrogen) atoms. The molecule has 1 spiro atoms. The quantitative estimate of drug-likeness (QED) is 0.220. The lowest BCUT2D eigenvalue weighted by Gasteiger charge is -2.45. The zero-order valence-corrected chi connectivity index (χ0v) is 61.7. The number of nitrogens with one attached hydrogen (secondary N) is 3. The Morgan fingerprint density at radius 3 is 1.82 bits per heavy atom. The Balaban J connectivity index is 1.08. The lowest BCUT2D eigenvalue weighted by atomic mass is 9.78. The molecule has 1 aromatic carbocycles. The van der Waals surface area contributed by atoms with Crippen LogP contribution in [-0.2, 0) is 70.1 Å². The molecular formula is C74H108ClF3N12O12. The van der Waals surface area contributed by atoms with E-state index in [0.717, 1.165) is 74.8 Å². The summed E-state index contributed by atoms with van der Waals surface area (Å²) in [4.78, 5) is 193. The van der Waals surface area contributed by atoms with Gasteiger partial charge in [-0.15, -0.1) is 0 Å². The molecule has 564 valence electrons. The number of likely N-dealkylation sites (tertiary alicyclic amines) is 1. The summed E-state index contributed by atoms with van der Waals surface area (Å²) >= 11 is 6.17. The molecule has 4 aliphatic carbocycles. The van der Waals surface area contributed by atoms with E-state index in [1.165, 1.54) is 89.6 Å². The van der Waals surface area contributed by atoms with E-state index in [9.17, 15) is 32.3 Å². The Morgan fingerprint density at radius 2 is 1.23 bits per heavy atom. The van der Waals surface area contributed by atoms with Gasteiger partial charge < -0.3 is 60.0 Å². The number of carbonyl (C=O) groups is 12. The Morgan fingerprint density at radius 1 is 0.608 bits per heavy atom. The fourth-order valence-corrected chi connectivity index (χ4v) is 17.3. The van der Waals surface area contributed by atoms with Gasteiger partial charge in [-0.2, -0.15) is 13.2 Å². The predicted octanol–water partition coefficient (Wildman–Crippen LogP) is 6.24. The number of amides is 12. The topological polar surface area (TPSA) is 270 Å². The fraction of sp³-hybridized carbons (Fsp3) is 0.730. The Labute approximate surface area is 603 Å². The highest BCUT2D eigenvalue weighted by Gasteiger charge is 2.53. The third kappa shape index (κ3) is 17.6. The van der Waals surface area contributed by atoms with Crippen molar-refractivity contribution >= 4 is 82.5 Å². The van der Waals surface area contributed by atoms with Crippen LogP contribution >= 0.6 is 11.6 Å². The van der Waals surface area contributed by atoms with Crippen LogP contribution in [0.3, 0.4) is 0 Å². The molecule has 4 heterocycles. The van der Waals surface area contributed by atoms with Gasteiger partial charge in [0.25, 0.3) is 0 Å². The second kappa shape index (κ2) is 34.1. The third-order valence-corrected chi connectivity index (χ3v) is 24.1. The van der Waals surface area contributed by atoms with Gasteiger partial charge in [0, 0.05) is 68.5 Å². The van der Waals surface area contributed by atoms with Gasteiger partial charge in [0.05, 0.1) is 23.6 Å². The summed E-state index contributed by atoms with van der Waals surface area (Å²) in [6.07, 6.45) is 8.09. The van der Waals surface area contributed by atoms with Crippen molar-refractivity contribution in [2.45, 2.75) is 253 Å². The summed E-state index contributed by atoms with van der Waals surface area (Å²) < 4.78 is 41.7. The molecule has 1 aromatic rings. The molecule has 28 heteroatoms. The minimum absolute atomic E-state index is 0.0207. The van der Waals surface area contributed by atoms with Crippen molar-refractivity contribution in [2.24, 2.45) is 17.8 Å². The number of halogens is 4. The van der Waals surface area contributed by atoms with Gasteiger partial charge in [0.1, 0.15) is 59.9 Å². The predicted molar refractivity (Wildman–Crippen MR) is 374 cm³/mol. The first kappa shape index (κ1) is 78.8. The van der Waals surface area contributed by atoms with Gasteiger partial charge in [0.15, 0.2) is 0 Å². The van der Waals surface area contributed by atoms with Gasteiger partial charge in [-0.3, -0.25) is 57.5 Å². The average Bonchev–Trinajstić information content (AvgIpc) is 1.43. The Hall–Kier alpha value is -7.32. The first-order valence-electron chi connectivity index (χ1n) is 37.3. The van der Waals surface area contributed by atoms with Crippen molar-refractivity contribution in [1.29, 1.82) is 0 Å². The lowest BCUT2D eigenvalue weighted by Crippen LogP contribution is -2.65. The lowest BCUT2D eigenvalue weighted by molar-refractivity contribution is -0.160. The van der Waals surface area contributed by atoms with Gasteiger partial charge in [-0.1, -0.05) is 95.4 Å². The number of nitrogens with zero attached hydrogens (tertiary/aromatic N) is 9. The van der Waals surface area contributed by atoms with Crippen molar-refractivity contribution in [3.63, 3.8) is 0 Å². The normalized spacial score (nSPS) is 28.8. The maximum Gasteiger partial charge on any atom is 0.417 e. The van der Waals surface area contributed by atoms with E-state index in [0.29, 0.717) is 82.0 Å². The largest absolute Gasteiger partial charge is 0.417 e. The van der Waals surface area contributed by atoms with E-state index in [1.54, 1.807) is 11.8 Å². The van der Waals surface area contributed by atoms with Gasteiger partial charge >= 0.3 is 6.18 Å². The average molecular weight is 1450 g/mol. The summed E-state index contributed by atoms with van der Waals surface area (Å²) in [6, 6.07) is -7.86. The Kier molecular flexibility index (Phi) is 26.3. The van der Waals surface area contributed by atoms with Crippen molar-refractivity contribution in [2.75, 3.05) is 75.0 Å². The number of carbonyl (C=O) groups excluding carboxylic acids is 12. The van der Waals surface area contributed by atoms with Gasteiger partial charge in [-0.05, 0) is 151 Å². The SMILES string of the molecule is C=C(CC)[C@@H]1NC(=O)[C@H](C2CCC2)N(C)C(=O)C[C@@H](C(=O)N2CCCCC2)N(C)C(=O)[C@H](C2CCCC2)N(C)C(=O)C2(CCCC2)NC(=O)[C@@H]2CCCN2C(=O)[C@H](CCc2ccc(C(F)(F)F)c(Cl)c2)NC(=O)CN(C)C(=O)[C@H](CC2CCCCC2)N(C)C(=O)[C@@H]2CCN2C(=O)[C@H](C)N(C)C1=O. The van der Waals surface area contributed by atoms with E-state index in [1.807, 2.05) is 0 Å². The number of fused-ring (bicyclic) bond motifs is 2. The van der Waals surface area contributed by atoms with Crippen LogP contribution in [0.2, 0.25) is 5.02 Å². The van der Waals surface area contributed by atoms with Crippen LogP contribution in [-0.4, -0.2) is 250 Å². The maximum absolute atomic E-state index is 15.8. The maximum atomic E-state index is 15.8. The minimum Gasteiger partial charge on any atom is -0.343 e. The van der Waals surface area contributed by atoms with Gasteiger partial charge in [-0.25, -0.2) is 0 Å². The van der Waals surface area contributed by atoms with E-state index in [-0.39, 0.29) is 76.3 Å². The van der Waals surface area contributed by atoms with Crippen molar-refractivity contribution in [3.05, 3.63) is 46.5 Å². The molecule has 12 amide bonds. The molecule has 24 nitrogen and oxygen atoms in total. The second-order valence-corrected chi connectivity index (χ2v) is 30.8. The van der Waals surface area contributed by atoms with E-state index < -0.39 is 166 Å². The summed E-state index contributed by atoms with van der Waals surface area (Å²) in [5.74, 6) is -8.23. The van der Waals surface area contributed by atoms with Crippen molar-refractivity contribution < 1.29 is 70.7 Å². The first-order valence-corrected chi connectivity index (χ1v) is 37.7. The smallest absolute Gasteiger partial charge is 0.343 e. The molecule has 3 N–H and O–H groups in total. The number of hydrogen-bond acceptors (Lipinski definition) is 12. The summed E-state index contributed by atoms with van der Waals surface area (Å²) in [5.41, 5.74) is -2.02. The molecule has 9 rings (SSSR count). The summed E-state index contributed by atoms with van der Waals surface area (Å²) in [7, 11) is 8.74. The number of alkyl halides is 3. The van der Waals surface area contributed by atoms with Crippen LogP contribution in [0.1, 0.15) is 192 Å². The number of hydrogen-bond donors (Lipinski definition) is 3. The molecule has 0 radical (unpaired) electrons. The molecule has 0 aromatic heterocycles. The molecule has 8 fully saturated rings. The van der Waals surface area contributed by atoms with E-state index >= 15 is 38.4 Å². The highest BCUT2D eigenvalue weighted by atomic mass is 35.5. The Bertz CT molecular complexity index is 3310. The molecule has 4 aliphatic heterocycles. The highest BCUT2D eigenvalue weighted by Crippen LogP contribution is 2.40. The third-order valence-electron chi connectivity index (χ3n) is 23.8. The minimum atomic E-state index is -4.76. The van der Waals surface area contributed by atoms with Crippen molar-refractivity contribution in [3.8, 4) is 0 Å². The van der Waals surface area contributed by atoms with Gasteiger partial charge in [0.2, 0.25) is 70.9 Å². The zero-order chi connectivity index (χ0) is 74.2. The monoisotopic (exact) mass is 1450 g/mol. The second-order valence-electron chi connectivity index (χ2n) is 30.4. The fourth-order valence-electron chi connectivity index (χ4n) is 16.9. The van der Waals surface area contributed by atoms with Crippen LogP contribution < -0.4 is 16.0 Å². The summed E-state index contributed by atoms with van der Waals surface area (Å²) in [5, 5.41) is 8.19. The standard InChI is InChI=1S/C74H108ClF3N12O12/c1-10-45(2)60-70(100)83(5)46(3)65(95)90-40-34-55(90)68(98)84(6)56(42-47-23-13-11-14-24-47)67(97)82(4)44-58(91)79-53(33-31-48-30-32-51(52(75)41-48)74(76,77)78)66(96)89-39-22-29-54(89)63(93)81-73(35-17-18-36-73)72(102)87(9)62(50-25-15-16-26-50)71(101)85(7)57(69(99)88-37-19-12-20-38-88)43-59(92)86(8)61(64(94)80-60)49-27-21-28-49/h30,32,41,46-47,49-50,53-57,60-62H,2,10-29,31,33-40,42-44H2,1,3-9H3,(H,79,91)(H,80,94)(H,81,93)/t46-,53-,54-,55-,56-,57-,60-,61-,62-/m0/s1. The van der Waals surface area contributed by atoms with E-state index in [2.05, 4.69) is 22.5 Å². The van der Waals surface area contributed by atoms with Crippen molar-refractivity contribution in [1.82, 2.24) is 60.0 Å². The molecule has 0 unspecified atom stereocenters. The molecule has 9 atom stereocenters. The van der Waals surface area contributed by atoms with Crippen LogP contribution in [0.5, 0.6) is 0 Å². The van der Waals surface area contributed by atoms with Crippen LogP contribution in [0, 0.1) is 17.8 Å². The molecule has 8 aliphatic rings. The molecular weight excluding hydrogens is 1340 g/mol. The number of likely N-dealkylation sites (N-methyl/N-ethyl adjacent to an activating group) is 6. The molecule has 4 saturated heterocycles. The van der Waals surface area contributed by atoms with E-state index in [4.69, 9.17) is 11.6 Å². The summed E-state index contributed by atoms with van der Waals surface area (Å²) in [6.45, 7) is 7.75. The molecule has 4 saturated carbocycles. The number of benzene rings is 1. The zero-order valence-electron chi connectivity index (χ0n) is 60.9. The van der Waals surface area contributed by atoms with Crippen LogP contribution in [0.4, 0.5) is 13.2 Å².